The Kier molecular flexibility index (Phi) is 36.2. The molecule has 6 N–H and O–H groups in total. The van der Waals surface area contributed by atoms with E-state index < -0.39 is 24.0 Å². The molecule has 6 aromatic carbocycles. The van der Waals surface area contributed by atoms with E-state index in [9.17, 15) is 20.4 Å². The summed E-state index contributed by atoms with van der Waals surface area (Å²) in [5.74, 6) is 2.58. The molecule has 2 aliphatic rings. The highest BCUT2D eigenvalue weighted by molar-refractivity contribution is 7.20. The fourth-order valence-electron chi connectivity index (χ4n) is 13.2. The number of halogens is 3. The normalized spacial score (nSPS) is 16.6. The zero-order valence-corrected chi connectivity index (χ0v) is 72.8. The van der Waals surface area contributed by atoms with Crippen LogP contribution in [0.2, 0.25) is 54.4 Å². The van der Waals surface area contributed by atoms with Crippen molar-refractivity contribution in [1.29, 1.82) is 0 Å². The van der Waals surface area contributed by atoms with Gasteiger partial charge in [0.05, 0.1) is 26.4 Å². The van der Waals surface area contributed by atoms with Gasteiger partial charge in [-0.3, -0.25) is 0 Å². The number of aromatic hydroxyl groups is 4. The molecular formula is C90H137ClF2O12Si3. The van der Waals surface area contributed by atoms with Gasteiger partial charge in [-0.1, -0.05) is 177 Å². The predicted molar refractivity (Wildman–Crippen MR) is 452 cm³/mol. The first kappa shape index (κ1) is 91.2. The van der Waals surface area contributed by atoms with E-state index in [0.717, 1.165) is 61.5 Å². The molecule has 0 spiro atoms. The first-order chi connectivity index (χ1) is 50.9. The lowest BCUT2D eigenvalue weighted by atomic mass is 9.77. The van der Waals surface area contributed by atoms with Gasteiger partial charge in [0.2, 0.25) is 0 Å². The Hall–Kier alpha value is -5.64. The first-order valence-electron chi connectivity index (χ1n) is 40.6. The summed E-state index contributed by atoms with van der Waals surface area (Å²) in [4.78, 5) is 0. The minimum absolute atomic E-state index is 0.0188. The molecule has 8 rings (SSSR count). The van der Waals surface area contributed by atoms with Crippen LogP contribution >= 0.6 is 11.1 Å². The van der Waals surface area contributed by atoms with Gasteiger partial charge in [0.15, 0.2) is 70.0 Å². The number of phenolic OH excluding ortho intramolecular Hbond substituents is 4. The lowest BCUT2D eigenvalue weighted by molar-refractivity contribution is 0.229. The highest BCUT2D eigenvalue weighted by atomic mass is 35.6. The van der Waals surface area contributed by atoms with Crippen LogP contribution in [0.1, 0.15) is 240 Å². The number of hydrogen-bond acceptors (Lipinski definition) is 12. The van der Waals surface area contributed by atoms with Crippen LogP contribution in [-0.4, -0.2) is 108 Å². The zero-order valence-electron chi connectivity index (χ0n) is 69.0. The molecular weight excluding hydrogens is 1430 g/mol. The summed E-state index contributed by atoms with van der Waals surface area (Å²) in [6.45, 7) is 40.3. The number of hydrogen-bond donors (Lipinski definition) is 6. The fourth-order valence-corrected chi connectivity index (χ4v) is 15.4. The second-order valence-electron chi connectivity index (χ2n) is 34.9. The topological polar surface area (TPSA) is 177 Å². The third kappa shape index (κ3) is 27.6. The lowest BCUT2D eigenvalue weighted by Gasteiger charge is -2.36. The van der Waals surface area contributed by atoms with Gasteiger partial charge >= 0.3 is 0 Å². The van der Waals surface area contributed by atoms with Gasteiger partial charge in [0, 0.05) is 61.5 Å². The molecule has 0 atom stereocenters. The van der Waals surface area contributed by atoms with Crippen LogP contribution in [0.25, 0.3) is 44.5 Å². The Balaban J connectivity index is 0.000000315. The lowest BCUT2D eigenvalue weighted by Crippen LogP contribution is -2.41. The predicted octanol–water partition coefficient (Wildman–Crippen LogP) is 26.0. The molecule has 0 aliphatic heterocycles. The van der Waals surface area contributed by atoms with Crippen molar-refractivity contribution < 1.29 is 67.2 Å². The average molecular weight is 1570 g/mol. The second kappa shape index (κ2) is 42.8. The van der Waals surface area contributed by atoms with Crippen molar-refractivity contribution in [3.05, 3.63) is 120 Å². The molecule has 0 amide bonds. The van der Waals surface area contributed by atoms with Crippen LogP contribution in [0.3, 0.4) is 0 Å². The van der Waals surface area contributed by atoms with Crippen molar-refractivity contribution in [3.63, 3.8) is 0 Å². The van der Waals surface area contributed by atoms with E-state index in [-0.39, 0.29) is 82.6 Å². The zero-order chi connectivity index (χ0) is 79.6. The highest BCUT2D eigenvalue weighted by Crippen LogP contribution is 2.49. The summed E-state index contributed by atoms with van der Waals surface area (Å²) in [5, 5.41) is 62.6. The van der Waals surface area contributed by atoms with Crippen LogP contribution in [-0.2, 0) is 8.85 Å². The molecule has 2 fully saturated rings. The van der Waals surface area contributed by atoms with Gasteiger partial charge < -0.3 is 58.4 Å². The number of unbranched alkanes of at least 4 members (excludes halogenated alkanes) is 6. The highest BCUT2D eigenvalue weighted by Gasteiger charge is 2.38. The van der Waals surface area contributed by atoms with E-state index in [0.29, 0.717) is 125 Å². The molecule has 12 nitrogen and oxygen atoms in total. The van der Waals surface area contributed by atoms with Crippen LogP contribution in [0.4, 0.5) is 8.78 Å². The first-order valence-corrected chi connectivity index (χ1v) is 50.5. The van der Waals surface area contributed by atoms with Crippen molar-refractivity contribution >= 4 is 35.1 Å². The average Bonchev–Trinajstić information content (AvgIpc) is 0.783. The maximum atomic E-state index is 16.1. The van der Waals surface area contributed by atoms with E-state index in [1.165, 1.54) is 89.2 Å². The van der Waals surface area contributed by atoms with Gasteiger partial charge in [-0.05, 0) is 236 Å². The minimum Gasteiger partial charge on any atom is -0.504 e. The summed E-state index contributed by atoms with van der Waals surface area (Å²) in [5.41, 5.74) is 6.38. The summed E-state index contributed by atoms with van der Waals surface area (Å²) in [7, 11) is -5.11. The number of phenols is 4. The summed E-state index contributed by atoms with van der Waals surface area (Å²) in [6.07, 6.45) is 23.4. The molecule has 108 heavy (non-hydrogen) atoms. The third-order valence-corrected chi connectivity index (χ3v) is 37.7. The largest absolute Gasteiger partial charge is 0.504 e. The van der Waals surface area contributed by atoms with E-state index in [1.54, 1.807) is 60.7 Å². The molecule has 0 radical (unpaired) electrons. The van der Waals surface area contributed by atoms with Crippen molar-refractivity contribution in [1.82, 2.24) is 0 Å². The number of aliphatic hydroxyl groups is 2. The molecule has 602 valence electrons. The van der Waals surface area contributed by atoms with Crippen LogP contribution in [0.5, 0.6) is 46.0 Å². The number of rotatable bonds is 36. The van der Waals surface area contributed by atoms with E-state index >= 15 is 8.78 Å². The quantitative estimate of drug-likeness (QED) is 0.0125. The monoisotopic (exact) mass is 1570 g/mol. The van der Waals surface area contributed by atoms with Gasteiger partial charge in [0.25, 0.3) is 0 Å². The van der Waals surface area contributed by atoms with Crippen LogP contribution in [0, 0.1) is 23.5 Å². The van der Waals surface area contributed by atoms with Crippen molar-refractivity contribution in [3.8, 4) is 90.5 Å². The maximum absolute atomic E-state index is 16.1. The smallest absolute Gasteiger partial charge is 0.191 e. The number of aliphatic hydroxyl groups excluding tert-OH is 2. The number of benzene rings is 6. The van der Waals surface area contributed by atoms with Gasteiger partial charge in [-0.15, -0.1) is 0 Å². The Morgan fingerprint density at radius 2 is 0.741 bits per heavy atom. The molecule has 2 saturated carbocycles. The third-order valence-electron chi connectivity index (χ3n) is 23.4. The molecule has 2 aliphatic carbocycles. The molecule has 0 saturated heterocycles. The molecule has 18 heteroatoms. The van der Waals surface area contributed by atoms with Crippen LogP contribution < -0.4 is 18.9 Å². The molecule has 0 aromatic heterocycles. The Morgan fingerprint density at radius 1 is 0.380 bits per heavy atom. The SMILES string of the molecule is CC(C)(C)[Si](C)(C)Cl.CCCCCC1CCC(c2ccc(-c3cc(O)c(OCCCCO)c(-c4ccc(O)c(OCCCO)c4)c3)c(F)c2)CC1.CCCCCC1CCC(c2ccc(-c3cc(O)c(OCCCCO[Si](C)(C)C(C)(C)C)c(-c4ccc(O)c(OCCCO[Si](C)(C)C(C)(C)C)c4)c3)c(F)c2)CC1. The minimum atomic E-state index is -1.88. The van der Waals surface area contributed by atoms with Gasteiger partial charge in [-0.2, -0.15) is 11.1 Å². The molecule has 6 aromatic rings. The van der Waals surface area contributed by atoms with Gasteiger partial charge in [0.1, 0.15) is 11.6 Å². The summed E-state index contributed by atoms with van der Waals surface area (Å²) < 4.78 is 68.5. The van der Waals surface area contributed by atoms with Crippen LogP contribution in [0.15, 0.2) is 97.1 Å². The fraction of sp³-hybridized carbons (Fsp3) is 0.600. The van der Waals surface area contributed by atoms with Gasteiger partial charge in [-0.25, -0.2) is 8.78 Å². The molecule has 0 unspecified atom stereocenters. The van der Waals surface area contributed by atoms with Crippen molar-refractivity contribution in [2.45, 2.75) is 284 Å². The van der Waals surface area contributed by atoms with E-state index in [4.69, 9.17) is 49.1 Å². The van der Waals surface area contributed by atoms with E-state index in [1.807, 2.05) is 18.2 Å². The summed E-state index contributed by atoms with van der Waals surface area (Å²) in [6, 6.07) is 27.8. The molecule has 0 bridgehead atoms. The Labute approximate surface area is 657 Å². The Morgan fingerprint density at radius 3 is 1.10 bits per heavy atom. The second-order valence-corrected chi connectivity index (χ2v) is 51.8. The van der Waals surface area contributed by atoms with Crippen molar-refractivity contribution in [2.75, 3.05) is 52.9 Å². The molecule has 0 heterocycles. The Bertz CT molecular complexity index is 3680. The van der Waals surface area contributed by atoms with E-state index in [2.05, 4.69) is 122 Å². The summed E-state index contributed by atoms with van der Waals surface area (Å²) >= 11 is 6.15. The standard InChI is InChI=1S/C48H75FO6Si2.C36H47FO6.C6H15ClSi/c1-12-13-14-18-35-19-21-36(22-20-35)37-23-25-40(42(49)32-37)39-31-41(46(44(51)33-39)53-27-15-16-29-54-56(8,9)47(2,3)4)38-24-26-43(50)45(34-38)52-28-17-30-55-57(10,11)48(5,6)7;1-2-3-4-8-25-9-11-26(12-10-25)27-13-15-30(32(37)22-27)29-21-31(36(34(41)23-29)43-19-6-5-17-38)28-14-16-33(40)35(24-28)42-20-7-18-39;1-6(2,3)8(4,5)7/h23-26,31-36,50-51H,12-22,27-30H2,1-11H3;13-16,21-26,38-41H,2-12,17-20H2,1H3;1-5H3. The maximum Gasteiger partial charge on any atom is 0.191 e. The number of ether oxygens (including phenoxy) is 4. The van der Waals surface area contributed by atoms with Crippen molar-refractivity contribution in [2.24, 2.45) is 11.8 Å².